The second-order valence-corrected chi connectivity index (χ2v) is 7.81. The van der Waals surface area contributed by atoms with E-state index in [0.29, 0.717) is 0 Å². The highest BCUT2D eigenvalue weighted by Gasteiger charge is 2.46. The maximum atomic E-state index is 14.9. The number of ketones is 1. The Balaban J connectivity index is 1.94. The van der Waals surface area contributed by atoms with E-state index < -0.39 is 34.4 Å². The zero-order chi connectivity index (χ0) is 19.8. The summed E-state index contributed by atoms with van der Waals surface area (Å²) in [5.41, 5.74) is 4.25. The molecule has 2 aromatic heterocycles. The third kappa shape index (κ3) is 3.83. The Kier molecular flexibility index (Phi) is 5.23. The van der Waals surface area contributed by atoms with Gasteiger partial charge in [-0.25, -0.2) is 18.2 Å². The molecule has 0 saturated carbocycles. The molecule has 27 heavy (non-hydrogen) atoms. The summed E-state index contributed by atoms with van der Waals surface area (Å²) < 4.78 is 42.2. The van der Waals surface area contributed by atoms with Crippen LogP contribution in [0.3, 0.4) is 0 Å². The van der Waals surface area contributed by atoms with E-state index in [0.717, 1.165) is 30.1 Å². The lowest BCUT2D eigenvalue weighted by Crippen LogP contribution is -2.45. The fourth-order valence-corrected chi connectivity index (χ4v) is 3.95. The molecule has 3 atom stereocenters. The van der Waals surface area contributed by atoms with Crippen molar-refractivity contribution in [3.8, 4) is 0 Å². The zero-order valence-electron chi connectivity index (χ0n) is 14.6. The van der Waals surface area contributed by atoms with Crippen molar-refractivity contribution in [3.63, 3.8) is 0 Å². The molecule has 1 aliphatic heterocycles. The summed E-state index contributed by atoms with van der Waals surface area (Å²) in [5, 5.41) is -0.375. The van der Waals surface area contributed by atoms with E-state index in [4.69, 9.17) is 5.73 Å². The number of carbonyl (C=O) groups excluding carboxylic acids is 1. The van der Waals surface area contributed by atoms with Crippen molar-refractivity contribution < 1.29 is 18.0 Å². The van der Waals surface area contributed by atoms with Gasteiger partial charge in [-0.15, -0.1) is 0 Å². The van der Waals surface area contributed by atoms with Crippen molar-refractivity contribution in [3.05, 3.63) is 59.2 Å². The third-order valence-electron chi connectivity index (χ3n) is 4.34. The summed E-state index contributed by atoms with van der Waals surface area (Å²) in [5.74, 6) is -1.71. The lowest BCUT2D eigenvalue weighted by molar-refractivity contribution is 0.0986. The fraction of sp³-hybridized carbons (Fsp3) is 0.333. The predicted molar refractivity (Wildman–Crippen MR) is 97.3 cm³/mol. The Morgan fingerprint density at radius 1 is 1.30 bits per heavy atom. The number of nitrogens with two attached hydrogens (primary N) is 1. The first-order valence-electron chi connectivity index (χ1n) is 8.17. The molecule has 2 N–H and O–H groups in total. The SMILES string of the molecule is C[C@H]1SC(N)=N[C@](C)(c2nc(CC(=O)c3ccc(F)cn3)ccc2F)[C@H]1F. The van der Waals surface area contributed by atoms with Gasteiger partial charge in [0.05, 0.1) is 12.6 Å². The number of thioether (sulfide) groups is 1. The number of aromatic nitrogens is 2. The van der Waals surface area contributed by atoms with Gasteiger partial charge in [-0.2, -0.15) is 0 Å². The topological polar surface area (TPSA) is 81.2 Å². The van der Waals surface area contributed by atoms with Gasteiger partial charge < -0.3 is 5.73 Å². The molecule has 0 fully saturated rings. The van der Waals surface area contributed by atoms with Crippen LogP contribution in [0.2, 0.25) is 0 Å². The van der Waals surface area contributed by atoms with Gasteiger partial charge >= 0.3 is 0 Å². The van der Waals surface area contributed by atoms with E-state index in [1.807, 2.05) is 0 Å². The average molecular weight is 394 g/mol. The van der Waals surface area contributed by atoms with E-state index in [2.05, 4.69) is 15.0 Å². The molecule has 0 aromatic carbocycles. The van der Waals surface area contributed by atoms with Crippen molar-refractivity contribution in [2.45, 2.75) is 37.2 Å². The number of nitrogens with zero attached hydrogens (tertiary/aromatic N) is 3. The number of Topliss-reactive ketones (excluding diaryl/α,β-unsaturated/α-hetero) is 1. The largest absolute Gasteiger partial charge is 0.379 e. The molecule has 0 saturated heterocycles. The highest BCUT2D eigenvalue weighted by molar-refractivity contribution is 8.14. The molecule has 3 heterocycles. The van der Waals surface area contributed by atoms with Crippen LogP contribution in [0.15, 0.2) is 35.5 Å². The first kappa shape index (κ1) is 19.3. The van der Waals surface area contributed by atoms with E-state index in [1.54, 1.807) is 6.92 Å². The molecule has 0 amide bonds. The van der Waals surface area contributed by atoms with E-state index >= 15 is 0 Å². The first-order chi connectivity index (χ1) is 12.7. The number of halogens is 3. The van der Waals surface area contributed by atoms with Crippen LogP contribution < -0.4 is 5.73 Å². The van der Waals surface area contributed by atoms with Crippen LogP contribution in [-0.2, 0) is 12.0 Å². The molecule has 0 spiro atoms. The maximum Gasteiger partial charge on any atom is 0.187 e. The summed E-state index contributed by atoms with van der Waals surface area (Å²) >= 11 is 1.07. The number of aliphatic imine (C=N–C) groups is 1. The molecule has 0 unspecified atom stereocenters. The van der Waals surface area contributed by atoms with Crippen LogP contribution in [0.4, 0.5) is 13.2 Å². The molecule has 9 heteroatoms. The van der Waals surface area contributed by atoms with E-state index in [-0.39, 0.29) is 28.7 Å². The van der Waals surface area contributed by atoms with Crippen LogP contribution >= 0.6 is 11.8 Å². The van der Waals surface area contributed by atoms with Crippen molar-refractivity contribution in [2.75, 3.05) is 0 Å². The maximum absolute atomic E-state index is 14.9. The highest BCUT2D eigenvalue weighted by Crippen LogP contribution is 2.41. The minimum Gasteiger partial charge on any atom is -0.379 e. The molecule has 0 aliphatic carbocycles. The monoisotopic (exact) mass is 394 g/mol. The van der Waals surface area contributed by atoms with Crippen molar-refractivity contribution >= 4 is 22.7 Å². The minimum absolute atomic E-state index is 0.0589. The summed E-state index contributed by atoms with van der Waals surface area (Å²) in [7, 11) is 0. The zero-order valence-corrected chi connectivity index (χ0v) is 15.4. The second-order valence-electron chi connectivity index (χ2n) is 6.42. The molecule has 5 nitrogen and oxygen atoms in total. The normalized spacial score (nSPS) is 25.1. The molecule has 3 rings (SSSR count). The van der Waals surface area contributed by atoms with Gasteiger partial charge in [0.1, 0.15) is 34.7 Å². The van der Waals surface area contributed by atoms with Gasteiger partial charge in [-0.1, -0.05) is 11.8 Å². The van der Waals surface area contributed by atoms with Crippen LogP contribution in [0.25, 0.3) is 0 Å². The molecule has 2 aromatic rings. The summed E-state index contributed by atoms with van der Waals surface area (Å²) in [6, 6.07) is 4.84. The fourth-order valence-electron chi connectivity index (χ4n) is 2.94. The third-order valence-corrected chi connectivity index (χ3v) is 5.28. The predicted octanol–water partition coefficient (Wildman–Crippen LogP) is 3.18. The van der Waals surface area contributed by atoms with Crippen LogP contribution in [0, 0.1) is 11.6 Å². The Hall–Kier alpha value is -2.42. The lowest BCUT2D eigenvalue weighted by atomic mass is 9.89. The number of hydrogen-bond acceptors (Lipinski definition) is 6. The molecule has 142 valence electrons. The number of alkyl halides is 1. The first-order valence-corrected chi connectivity index (χ1v) is 9.05. The molecule has 1 aliphatic rings. The van der Waals surface area contributed by atoms with Gasteiger partial charge in [0, 0.05) is 10.9 Å². The van der Waals surface area contributed by atoms with Gasteiger partial charge in [-0.3, -0.25) is 14.8 Å². The number of pyridine rings is 2. The van der Waals surface area contributed by atoms with Crippen molar-refractivity contribution in [2.24, 2.45) is 10.7 Å². The van der Waals surface area contributed by atoms with Gasteiger partial charge in [-0.05, 0) is 38.1 Å². The van der Waals surface area contributed by atoms with Crippen molar-refractivity contribution in [1.29, 1.82) is 0 Å². The second kappa shape index (κ2) is 7.30. The minimum atomic E-state index is -1.59. The van der Waals surface area contributed by atoms with Crippen LogP contribution in [0.5, 0.6) is 0 Å². The molecule has 0 bridgehead atoms. The summed E-state index contributed by atoms with van der Waals surface area (Å²) in [4.78, 5) is 24.3. The Morgan fingerprint density at radius 3 is 2.70 bits per heavy atom. The molecule has 0 radical (unpaired) electrons. The summed E-state index contributed by atoms with van der Waals surface area (Å²) in [6.45, 7) is 3.07. The smallest absolute Gasteiger partial charge is 0.187 e. The summed E-state index contributed by atoms with van der Waals surface area (Å²) in [6.07, 6.45) is -0.770. The number of hydrogen-bond donors (Lipinski definition) is 1. The van der Waals surface area contributed by atoms with Crippen LogP contribution in [0.1, 0.15) is 35.7 Å². The Morgan fingerprint density at radius 2 is 2.04 bits per heavy atom. The average Bonchev–Trinajstić information content (AvgIpc) is 2.61. The quantitative estimate of drug-likeness (QED) is 0.806. The lowest BCUT2D eigenvalue weighted by Gasteiger charge is -2.36. The standard InChI is InChI=1S/C18H17F3N4OS/c1-9-15(21)18(2,25-17(22)27-9)16-12(20)5-4-11(24-16)7-14(26)13-6-3-10(19)8-23-13/h3-6,8-9,15H,7H2,1-2H3,(H2,22,25)/t9-,15+,18+/m1/s1. The molecular formula is C18H17F3N4OS. The van der Waals surface area contributed by atoms with E-state index in [1.165, 1.54) is 19.1 Å². The van der Waals surface area contributed by atoms with Gasteiger partial charge in [0.15, 0.2) is 11.0 Å². The Bertz CT molecular complexity index is 906. The molecular weight excluding hydrogens is 377 g/mol. The number of carbonyl (C=O) groups is 1. The van der Waals surface area contributed by atoms with E-state index in [9.17, 15) is 18.0 Å². The van der Waals surface area contributed by atoms with Crippen molar-refractivity contribution in [1.82, 2.24) is 9.97 Å². The van der Waals surface area contributed by atoms with Gasteiger partial charge in [0.2, 0.25) is 0 Å². The number of rotatable bonds is 4. The number of amidine groups is 1. The van der Waals surface area contributed by atoms with Crippen LogP contribution in [-0.4, -0.2) is 32.3 Å². The Labute approximate surface area is 158 Å². The van der Waals surface area contributed by atoms with Gasteiger partial charge in [0.25, 0.3) is 0 Å². The highest BCUT2D eigenvalue weighted by atomic mass is 32.2.